The van der Waals surface area contributed by atoms with Gasteiger partial charge in [0.1, 0.15) is 0 Å². The van der Waals surface area contributed by atoms with E-state index in [0.717, 1.165) is 25.7 Å². The lowest BCUT2D eigenvalue weighted by molar-refractivity contribution is -0.148. The molecule has 0 aromatic heterocycles. The maximum absolute atomic E-state index is 11.2. The lowest BCUT2D eigenvalue weighted by Crippen LogP contribution is -2.40. The van der Waals surface area contributed by atoms with Gasteiger partial charge in [-0.25, -0.2) is 0 Å². The van der Waals surface area contributed by atoms with Crippen LogP contribution in [0.1, 0.15) is 39.5 Å². The third-order valence-electron chi connectivity index (χ3n) is 4.21. The molecule has 1 aliphatic heterocycles. The predicted octanol–water partition coefficient (Wildman–Crippen LogP) is 2.05. The largest absolute Gasteiger partial charge is 0.481 e. The summed E-state index contributed by atoms with van der Waals surface area (Å²) in [7, 11) is 0. The molecule has 14 heavy (non-hydrogen) atoms. The number of carboxylic acids is 1. The van der Waals surface area contributed by atoms with Gasteiger partial charge in [-0.15, -0.1) is 0 Å². The summed E-state index contributed by atoms with van der Waals surface area (Å²) in [5.74, 6) is -0.830. The van der Waals surface area contributed by atoms with Gasteiger partial charge in [0.05, 0.1) is 18.1 Å². The SMILES string of the molecule is CCC1(CC)C[C@H]2O[C@H]2CC1C(=O)O. The first-order valence-corrected chi connectivity index (χ1v) is 5.51. The molecule has 0 spiro atoms. The maximum atomic E-state index is 11.2. The molecule has 1 N–H and O–H groups in total. The van der Waals surface area contributed by atoms with E-state index >= 15 is 0 Å². The molecule has 0 aromatic rings. The molecule has 2 rings (SSSR count). The number of hydrogen-bond acceptors (Lipinski definition) is 2. The van der Waals surface area contributed by atoms with E-state index in [-0.39, 0.29) is 17.4 Å². The zero-order valence-electron chi connectivity index (χ0n) is 8.82. The number of fused-ring (bicyclic) bond motifs is 1. The normalized spacial score (nSPS) is 38.9. The average molecular weight is 198 g/mol. The first-order valence-electron chi connectivity index (χ1n) is 5.51. The summed E-state index contributed by atoms with van der Waals surface area (Å²) in [6.07, 6.45) is 4.19. The quantitative estimate of drug-likeness (QED) is 0.706. The van der Waals surface area contributed by atoms with Crippen molar-refractivity contribution in [2.24, 2.45) is 11.3 Å². The summed E-state index contributed by atoms with van der Waals surface area (Å²) in [5.41, 5.74) is -0.0104. The first-order chi connectivity index (χ1) is 6.63. The highest BCUT2D eigenvalue weighted by Crippen LogP contribution is 2.53. The Labute approximate surface area is 84.4 Å². The summed E-state index contributed by atoms with van der Waals surface area (Å²) >= 11 is 0. The van der Waals surface area contributed by atoms with Crippen molar-refractivity contribution in [3.63, 3.8) is 0 Å². The number of rotatable bonds is 3. The van der Waals surface area contributed by atoms with Crippen molar-refractivity contribution in [1.82, 2.24) is 0 Å². The van der Waals surface area contributed by atoms with Gasteiger partial charge in [-0.05, 0) is 31.1 Å². The van der Waals surface area contributed by atoms with Crippen molar-refractivity contribution >= 4 is 5.97 Å². The van der Waals surface area contributed by atoms with Crippen molar-refractivity contribution < 1.29 is 14.6 Å². The minimum Gasteiger partial charge on any atom is -0.481 e. The molecule has 1 saturated heterocycles. The molecule has 0 radical (unpaired) electrons. The number of carbonyl (C=O) groups is 1. The second-order valence-corrected chi connectivity index (χ2v) is 4.61. The Morgan fingerprint density at radius 3 is 2.57 bits per heavy atom. The molecule has 3 heteroatoms. The Morgan fingerprint density at radius 2 is 2.07 bits per heavy atom. The van der Waals surface area contributed by atoms with E-state index in [9.17, 15) is 9.90 Å². The Balaban J connectivity index is 2.20. The molecular weight excluding hydrogens is 180 g/mol. The lowest BCUT2D eigenvalue weighted by Gasteiger charge is -2.39. The second-order valence-electron chi connectivity index (χ2n) is 4.61. The summed E-state index contributed by atoms with van der Waals surface area (Å²) in [4.78, 5) is 11.2. The Hall–Kier alpha value is -0.570. The molecule has 2 fully saturated rings. The molecule has 1 heterocycles. The number of epoxide rings is 1. The van der Waals surface area contributed by atoms with Crippen LogP contribution < -0.4 is 0 Å². The Morgan fingerprint density at radius 1 is 1.43 bits per heavy atom. The highest BCUT2D eigenvalue weighted by atomic mass is 16.6. The van der Waals surface area contributed by atoms with E-state index in [1.54, 1.807) is 0 Å². The van der Waals surface area contributed by atoms with Crippen molar-refractivity contribution in [2.75, 3.05) is 0 Å². The number of carboxylic acid groups (broad SMARTS) is 1. The average Bonchev–Trinajstić information content (AvgIpc) is 2.92. The molecule has 1 aliphatic carbocycles. The van der Waals surface area contributed by atoms with Gasteiger partial charge >= 0.3 is 5.97 Å². The molecular formula is C11H18O3. The predicted molar refractivity (Wildman–Crippen MR) is 52.0 cm³/mol. The molecule has 1 unspecified atom stereocenters. The number of hydrogen-bond donors (Lipinski definition) is 1. The van der Waals surface area contributed by atoms with E-state index in [1.165, 1.54) is 0 Å². The van der Waals surface area contributed by atoms with Crippen LogP contribution in [0.2, 0.25) is 0 Å². The van der Waals surface area contributed by atoms with Crippen molar-refractivity contribution in [2.45, 2.75) is 51.7 Å². The molecule has 1 saturated carbocycles. The molecule has 0 aromatic carbocycles. The van der Waals surface area contributed by atoms with Crippen LogP contribution >= 0.6 is 0 Å². The smallest absolute Gasteiger partial charge is 0.307 e. The van der Waals surface area contributed by atoms with Crippen molar-refractivity contribution in [3.05, 3.63) is 0 Å². The summed E-state index contributed by atoms with van der Waals surface area (Å²) in [6.45, 7) is 4.20. The molecule has 3 nitrogen and oxygen atoms in total. The van der Waals surface area contributed by atoms with E-state index < -0.39 is 5.97 Å². The van der Waals surface area contributed by atoms with Crippen LogP contribution in [0.4, 0.5) is 0 Å². The molecule has 0 amide bonds. The van der Waals surface area contributed by atoms with Gasteiger partial charge in [-0.2, -0.15) is 0 Å². The molecule has 0 bridgehead atoms. The maximum Gasteiger partial charge on any atom is 0.307 e. The number of ether oxygens (including phenoxy) is 1. The minimum atomic E-state index is -0.636. The second kappa shape index (κ2) is 3.23. The van der Waals surface area contributed by atoms with Gasteiger partial charge in [0.15, 0.2) is 0 Å². The van der Waals surface area contributed by atoms with Crippen LogP contribution in [0.25, 0.3) is 0 Å². The third-order valence-corrected chi connectivity index (χ3v) is 4.21. The highest BCUT2D eigenvalue weighted by molar-refractivity contribution is 5.71. The summed E-state index contributed by atoms with van der Waals surface area (Å²) in [6, 6.07) is 0. The fraction of sp³-hybridized carbons (Fsp3) is 0.909. The van der Waals surface area contributed by atoms with E-state index in [2.05, 4.69) is 13.8 Å². The summed E-state index contributed by atoms with van der Waals surface area (Å²) in [5, 5.41) is 9.22. The topological polar surface area (TPSA) is 49.8 Å². The fourth-order valence-electron chi connectivity index (χ4n) is 2.99. The van der Waals surface area contributed by atoms with Crippen LogP contribution in [0.3, 0.4) is 0 Å². The fourth-order valence-corrected chi connectivity index (χ4v) is 2.99. The minimum absolute atomic E-state index is 0.0104. The van der Waals surface area contributed by atoms with Crippen LogP contribution in [0, 0.1) is 11.3 Å². The Kier molecular flexibility index (Phi) is 2.30. The first kappa shape index (κ1) is 9.97. The zero-order chi connectivity index (χ0) is 10.3. The van der Waals surface area contributed by atoms with Gasteiger partial charge < -0.3 is 9.84 Å². The van der Waals surface area contributed by atoms with E-state index in [1.807, 2.05) is 0 Å². The van der Waals surface area contributed by atoms with Gasteiger partial charge in [-0.3, -0.25) is 4.79 Å². The van der Waals surface area contributed by atoms with Gasteiger partial charge in [-0.1, -0.05) is 13.8 Å². The molecule has 80 valence electrons. The highest BCUT2D eigenvalue weighted by Gasteiger charge is 2.56. The molecule has 3 atom stereocenters. The Bertz CT molecular complexity index is 245. The van der Waals surface area contributed by atoms with Gasteiger partial charge in [0.25, 0.3) is 0 Å². The van der Waals surface area contributed by atoms with Crippen molar-refractivity contribution in [1.29, 1.82) is 0 Å². The third kappa shape index (κ3) is 1.34. The zero-order valence-corrected chi connectivity index (χ0v) is 8.82. The summed E-state index contributed by atoms with van der Waals surface area (Å²) < 4.78 is 5.45. The van der Waals surface area contributed by atoms with Crippen LogP contribution in [-0.2, 0) is 9.53 Å². The van der Waals surface area contributed by atoms with Crippen LogP contribution in [-0.4, -0.2) is 23.3 Å². The van der Waals surface area contributed by atoms with E-state index in [4.69, 9.17) is 4.74 Å². The van der Waals surface area contributed by atoms with Crippen LogP contribution in [0.15, 0.2) is 0 Å². The van der Waals surface area contributed by atoms with Crippen LogP contribution in [0.5, 0.6) is 0 Å². The standard InChI is InChI=1S/C11H18O3/c1-3-11(4-2)6-9-8(14-9)5-7(11)10(12)13/h7-9H,3-6H2,1-2H3,(H,12,13)/t7?,8-,9+/m0/s1. The van der Waals surface area contributed by atoms with Gasteiger partial charge in [0, 0.05) is 0 Å². The van der Waals surface area contributed by atoms with Gasteiger partial charge in [0.2, 0.25) is 0 Å². The van der Waals surface area contributed by atoms with E-state index in [0.29, 0.717) is 6.10 Å². The number of aliphatic carboxylic acids is 1. The lowest BCUT2D eigenvalue weighted by atomic mass is 9.63. The van der Waals surface area contributed by atoms with Crippen molar-refractivity contribution in [3.8, 4) is 0 Å². The molecule has 2 aliphatic rings. The monoisotopic (exact) mass is 198 g/mol.